The number of anilines is 1. The lowest BCUT2D eigenvalue weighted by molar-refractivity contribution is -0.111. The van der Waals surface area contributed by atoms with Gasteiger partial charge >= 0.3 is 5.97 Å². The first-order chi connectivity index (χ1) is 13.9. The monoisotopic (exact) mass is 449 g/mol. The van der Waals surface area contributed by atoms with E-state index in [1.54, 1.807) is 29.6 Å². The average Bonchev–Trinajstić information content (AvgIpc) is 3.11. The lowest BCUT2D eigenvalue weighted by atomic mass is 10.0. The molecule has 1 heterocycles. The minimum absolute atomic E-state index is 0.102. The van der Waals surface area contributed by atoms with Crippen molar-refractivity contribution in [3.63, 3.8) is 0 Å². The third-order valence-electron chi connectivity index (χ3n) is 3.97. The van der Waals surface area contributed by atoms with Gasteiger partial charge in [-0.2, -0.15) is 0 Å². The van der Waals surface area contributed by atoms with Crippen LogP contribution >= 0.6 is 34.5 Å². The summed E-state index contributed by atoms with van der Waals surface area (Å²) < 4.78 is 18.7. The smallest absolute Gasteiger partial charge is 0.341 e. The van der Waals surface area contributed by atoms with Gasteiger partial charge in [-0.25, -0.2) is 9.18 Å². The highest BCUT2D eigenvalue weighted by molar-refractivity contribution is 7.15. The van der Waals surface area contributed by atoms with Gasteiger partial charge in [0.1, 0.15) is 16.4 Å². The number of benzene rings is 2. The Morgan fingerprint density at radius 1 is 1.14 bits per heavy atom. The largest absolute Gasteiger partial charge is 0.465 e. The first-order valence-corrected chi connectivity index (χ1v) is 9.93. The minimum atomic E-state index is -0.590. The van der Waals surface area contributed by atoms with Crippen molar-refractivity contribution >= 4 is 57.5 Å². The van der Waals surface area contributed by atoms with Crippen molar-refractivity contribution in [2.24, 2.45) is 0 Å². The van der Waals surface area contributed by atoms with Crippen molar-refractivity contribution < 1.29 is 18.7 Å². The molecule has 4 nitrogen and oxygen atoms in total. The molecule has 0 spiro atoms. The van der Waals surface area contributed by atoms with Crippen molar-refractivity contribution in [2.45, 2.75) is 0 Å². The van der Waals surface area contributed by atoms with Gasteiger partial charge in [-0.15, -0.1) is 11.3 Å². The lowest BCUT2D eigenvalue weighted by Crippen LogP contribution is -2.11. The Kier molecular flexibility index (Phi) is 6.69. The van der Waals surface area contributed by atoms with Crippen LogP contribution in [0.25, 0.3) is 17.2 Å². The van der Waals surface area contributed by atoms with Crippen LogP contribution in [0.1, 0.15) is 15.9 Å². The molecule has 0 saturated heterocycles. The molecule has 0 fully saturated rings. The molecule has 0 aliphatic carbocycles. The number of ether oxygens (including phenoxy) is 1. The first kappa shape index (κ1) is 21.0. The summed E-state index contributed by atoms with van der Waals surface area (Å²) in [5.74, 6) is -1.68. The van der Waals surface area contributed by atoms with E-state index in [0.717, 1.165) is 11.6 Å². The normalized spacial score (nSPS) is 10.9. The molecule has 0 radical (unpaired) electrons. The molecule has 3 aromatic rings. The molecule has 0 saturated carbocycles. The quantitative estimate of drug-likeness (QED) is 0.367. The lowest BCUT2D eigenvalue weighted by Gasteiger charge is -2.07. The van der Waals surface area contributed by atoms with Gasteiger partial charge in [-0.05, 0) is 35.9 Å². The number of halogens is 3. The molecular weight excluding hydrogens is 436 g/mol. The number of thiophene rings is 1. The van der Waals surface area contributed by atoms with Gasteiger partial charge in [-0.3, -0.25) is 4.79 Å². The summed E-state index contributed by atoms with van der Waals surface area (Å²) in [7, 11) is 1.26. The van der Waals surface area contributed by atoms with E-state index >= 15 is 0 Å². The van der Waals surface area contributed by atoms with Crippen LogP contribution < -0.4 is 5.32 Å². The van der Waals surface area contributed by atoms with Gasteiger partial charge in [0, 0.05) is 27.6 Å². The number of carbonyl (C=O) groups is 2. The highest BCUT2D eigenvalue weighted by Crippen LogP contribution is 2.36. The van der Waals surface area contributed by atoms with E-state index in [2.05, 4.69) is 5.32 Å². The second-order valence-electron chi connectivity index (χ2n) is 5.81. The summed E-state index contributed by atoms with van der Waals surface area (Å²) >= 11 is 13.0. The van der Waals surface area contributed by atoms with Gasteiger partial charge in [-0.1, -0.05) is 41.4 Å². The molecule has 0 aliphatic rings. The molecule has 148 valence electrons. The average molecular weight is 450 g/mol. The Morgan fingerprint density at radius 3 is 2.52 bits per heavy atom. The Hall–Kier alpha value is -2.67. The molecule has 0 unspecified atom stereocenters. The van der Waals surface area contributed by atoms with Crippen molar-refractivity contribution in [1.82, 2.24) is 0 Å². The number of esters is 1. The van der Waals surface area contributed by atoms with E-state index in [4.69, 9.17) is 27.9 Å². The van der Waals surface area contributed by atoms with E-state index in [9.17, 15) is 14.0 Å². The highest BCUT2D eigenvalue weighted by Gasteiger charge is 2.22. The maximum atomic E-state index is 13.8. The number of hydrogen-bond donors (Lipinski definition) is 1. The number of rotatable bonds is 5. The van der Waals surface area contributed by atoms with Crippen LogP contribution in [0, 0.1) is 5.82 Å². The van der Waals surface area contributed by atoms with E-state index < -0.39 is 17.7 Å². The van der Waals surface area contributed by atoms with Crippen LogP contribution in [0.3, 0.4) is 0 Å². The van der Waals surface area contributed by atoms with Crippen molar-refractivity contribution in [2.75, 3.05) is 12.4 Å². The fraction of sp³-hybridized carbons (Fsp3) is 0.0476. The highest BCUT2D eigenvalue weighted by atomic mass is 35.5. The zero-order chi connectivity index (χ0) is 21.0. The predicted octanol–water partition coefficient (Wildman–Crippen LogP) is 6.30. The third kappa shape index (κ3) is 4.85. The third-order valence-corrected chi connectivity index (χ3v) is 5.45. The molecular formula is C21H14Cl2FNO3S. The second-order valence-corrected chi connectivity index (χ2v) is 7.53. The molecule has 29 heavy (non-hydrogen) atoms. The molecule has 3 rings (SSSR count). The molecule has 1 N–H and O–H groups in total. The maximum absolute atomic E-state index is 13.8. The van der Waals surface area contributed by atoms with Crippen LogP contribution in [0.2, 0.25) is 10.0 Å². The summed E-state index contributed by atoms with van der Waals surface area (Å²) in [5, 5.41) is 5.44. The van der Waals surface area contributed by atoms with Gasteiger partial charge in [0.25, 0.3) is 0 Å². The molecule has 0 atom stereocenters. The molecule has 1 amide bonds. The Morgan fingerprint density at radius 2 is 1.86 bits per heavy atom. The number of amides is 1. The fourth-order valence-electron chi connectivity index (χ4n) is 2.58. The topological polar surface area (TPSA) is 55.4 Å². The van der Waals surface area contributed by atoms with Crippen LogP contribution in [0.5, 0.6) is 0 Å². The summed E-state index contributed by atoms with van der Waals surface area (Å²) in [6.07, 6.45) is 2.42. The number of hydrogen-bond acceptors (Lipinski definition) is 4. The Balaban J connectivity index is 1.89. The molecule has 1 aromatic heterocycles. The molecule has 2 aromatic carbocycles. The van der Waals surface area contributed by atoms with Crippen molar-refractivity contribution in [3.05, 3.63) is 80.9 Å². The summed E-state index contributed by atoms with van der Waals surface area (Å²) in [6, 6.07) is 11.2. The molecule has 0 bridgehead atoms. The fourth-order valence-corrected chi connectivity index (χ4v) is 3.89. The second kappa shape index (κ2) is 9.22. The van der Waals surface area contributed by atoms with Crippen LogP contribution in [0.4, 0.5) is 9.39 Å². The SMILES string of the molecule is COC(=O)c1c(-c2ccc(Cl)cc2)csc1NC(=O)/C=C/c1c(F)cccc1Cl. The van der Waals surface area contributed by atoms with E-state index in [1.807, 2.05) is 0 Å². The number of carbonyl (C=O) groups excluding carboxylic acids is 2. The standard InChI is InChI=1S/C21H14Cl2FNO3S/c1-28-21(27)19-15(12-5-7-13(22)8-6-12)11-29-20(19)25-18(26)10-9-14-16(23)3-2-4-17(14)24/h2-11H,1H3,(H,25,26)/b10-9+. The first-order valence-electron chi connectivity index (χ1n) is 8.29. The van der Waals surface area contributed by atoms with Gasteiger partial charge in [0.15, 0.2) is 0 Å². The van der Waals surface area contributed by atoms with Crippen LogP contribution in [0.15, 0.2) is 53.9 Å². The van der Waals surface area contributed by atoms with Crippen LogP contribution in [-0.4, -0.2) is 19.0 Å². The van der Waals surface area contributed by atoms with Crippen molar-refractivity contribution in [1.29, 1.82) is 0 Å². The van der Waals surface area contributed by atoms with E-state index in [0.29, 0.717) is 15.6 Å². The maximum Gasteiger partial charge on any atom is 0.341 e. The Bertz CT molecular complexity index is 1070. The zero-order valence-corrected chi connectivity index (χ0v) is 17.4. The number of nitrogens with one attached hydrogen (secondary N) is 1. The van der Waals surface area contributed by atoms with Crippen molar-refractivity contribution in [3.8, 4) is 11.1 Å². The van der Waals surface area contributed by atoms with Gasteiger partial charge in [0.2, 0.25) is 5.91 Å². The van der Waals surface area contributed by atoms with E-state index in [1.165, 1.54) is 42.7 Å². The predicted molar refractivity (Wildman–Crippen MR) is 115 cm³/mol. The summed E-state index contributed by atoms with van der Waals surface area (Å²) in [5.41, 5.74) is 1.69. The minimum Gasteiger partial charge on any atom is -0.465 e. The van der Waals surface area contributed by atoms with Gasteiger partial charge in [0.05, 0.1) is 12.1 Å². The Labute approximate surface area is 180 Å². The van der Waals surface area contributed by atoms with E-state index in [-0.39, 0.29) is 16.1 Å². The van der Waals surface area contributed by atoms with Gasteiger partial charge < -0.3 is 10.1 Å². The summed E-state index contributed by atoms with van der Waals surface area (Å²) in [6.45, 7) is 0. The number of methoxy groups -OCH3 is 1. The summed E-state index contributed by atoms with van der Waals surface area (Å²) in [4.78, 5) is 24.7. The zero-order valence-electron chi connectivity index (χ0n) is 15.0. The molecule has 8 heteroatoms. The van der Waals surface area contributed by atoms with Crippen LogP contribution in [-0.2, 0) is 9.53 Å². The molecule has 0 aliphatic heterocycles.